The van der Waals surface area contributed by atoms with E-state index in [-0.39, 0.29) is 5.95 Å². The number of nitrogens with two attached hydrogens (primary N) is 1. The van der Waals surface area contributed by atoms with Crippen molar-refractivity contribution in [2.45, 2.75) is 0 Å². The van der Waals surface area contributed by atoms with E-state index in [0.29, 0.717) is 5.65 Å². The maximum Gasteiger partial charge on any atom is 0.222 e. The zero-order chi connectivity index (χ0) is 11.1. The maximum atomic E-state index is 5.66. The third-order valence-corrected chi connectivity index (χ3v) is 2.48. The molecule has 0 radical (unpaired) electrons. The van der Waals surface area contributed by atoms with Crippen LogP contribution in [0.5, 0.6) is 0 Å². The number of rotatable bonds is 1. The molecule has 0 unspecified atom stereocenters. The molecule has 0 atom stereocenters. The molecule has 0 aromatic carbocycles. The molecule has 80 valence electrons. The minimum absolute atomic E-state index is 0.243. The Labute approximate surface area is 91.2 Å². The van der Waals surface area contributed by atoms with Gasteiger partial charge in [0.25, 0.3) is 0 Å². The van der Waals surface area contributed by atoms with Gasteiger partial charge in [0, 0.05) is 13.2 Å². The fourth-order valence-corrected chi connectivity index (χ4v) is 1.74. The van der Waals surface area contributed by atoms with Gasteiger partial charge in [-0.15, -0.1) is 0 Å². The molecule has 3 rings (SSSR count). The molecule has 3 heterocycles. The van der Waals surface area contributed by atoms with E-state index in [2.05, 4.69) is 19.9 Å². The standard InChI is InChI=1S/C10H10N6/c1-16-4-2-3-6(16)7-8-9(13-5-12-8)15-10(11)14-7/h2-5H,1H3,(H3,11,12,13,14,15). The zero-order valence-corrected chi connectivity index (χ0v) is 8.68. The summed E-state index contributed by atoms with van der Waals surface area (Å²) in [7, 11) is 1.95. The number of fused-ring (bicyclic) bond motifs is 1. The molecule has 6 heteroatoms. The Morgan fingerprint density at radius 1 is 1.38 bits per heavy atom. The maximum absolute atomic E-state index is 5.66. The average Bonchev–Trinajstić information content (AvgIpc) is 2.84. The summed E-state index contributed by atoms with van der Waals surface area (Å²) in [6.45, 7) is 0. The number of H-pyrrole nitrogens is 1. The van der Waals surface area contributed by atoms with Gasteiger partial charge in [-0.1, -0.05) is 0 Å². The summed E-state index contributed by atoms with van der Waals surface area (Å²) in [4.78, 5) is 15.5. The van der Waals surface area contributed by atoms with E-state index >= 15 is 0 Å². The Balaban J connectivity index is 2.38. The third-order valence-electron chi connectivity index (χ3n) is 2.48. The quantitative estimate of drug-likeness (QED) is 0.631. The second-order valence-corrected chi connectivity index (χ2v) is 3.53. The van der Waals surface area contributed by atoms with Gasteiger partial charge in [-0.25, -0.2) is 9.97 Å². The van der Waals surface area contributed by atoms with Crippen LogP contribution in [0.1, 0.15) is 0 Å². The van der Waals surface area contributed by atoms with Crippen LogP contribution in [-0.4, -0.2) is 24.5 Å². The summed E-state index contributed by atoms with van der Waals surface area (Å²) >= 11 is 0. The number of imidazole rings is 1. The van der Waals surface area contributed by atoms with Crippen LogP contribution in [0.4, 0.5) is 5.95 Å². The number of anilines is 1. The molecule has 0 saturated carbocycles. The number of aryl methyl sites for hydroxylation is 1. The fraction of sp³-hybridized carbons (Fsp3) is 0.100. The van der Waals surface area contributed by atoms with Gasteiger partial charge in [-0.2, -0.15) is 4.98 Å². The predicted octanol–water partition coefficient (Wildman–Crippen LogP) is 0.941. The molecule has 0 saturated heterocycles. The Kier molecular flexibility index (Phi) is 1.70. The molecule has 0 aliphatic rings. The molecule has 0 aliphatic heterocycles. The van der Waals surface area contributed by atoms with E-state index in [1.54, 1.807) is 6.33 Å². The highest BCUT2D eigenvalue weighted by Crippen LogP contribution is 2.24. The number of nitrogen functional groups attached to an aromatic ring is 1. The summed E-state index contributed by atoms with van der Waals surface area (Å²) in [5.74, 6) is 0.243. The van der Waals surface area contributed by atoms with Crippen LogP contribution in [0.25, 0.3) is 22.6 Å². The number of nitrogens with one attached hydrogen (secondary N) is 1. The number of nitrogens with zero attached hydrogens (tertiary/aromatic N) is 4. The summed E-state index contributed by atoms with van der Waals surface area (Å²) < 4.78 is 1.97. The Morgan fingerprint density at radius 3 is 3.00 bits per heavy atom. The summed E-state index contributed by atoms with van der Waals surface area (Å²) in [6, 6.07) is 3.92. The van der Waals surface area contributed by atoms with E-state index in [1.807, 2.05) is 29.9 Å². The van der Waals surface area contributed by atoms with E-state index in [9.17, 15) is 0 Å². The largest absolute Gasteiger partial charge is 0.368 e. The highest BCUT2D eigenvalue weighted by atomic mass is 15.1. The lowest BCUT2D eigenvalue weighted by atomic mass is 10.2. The predicted molar refractivity (Wildman–Crippen MR) is 60.5 cm³/mol. The molecular weight excluding hydrogens is 204 g/mol. The number of hydrogen-bond acceptors (Lipinski definition) is 4. The minimum Gasteiger partial charge on any atom is -0.368 e. The van der Waals surface area contributed by atoms with Gasteiger partial charge in [0.2, 0.25) is 5.95 Å². The van der Waals surface area contributed by atoms with Gasteiger partial charge in [0.1, 0.15) is 11.2 Å². The van der Waals surface area contributed by atoms with Gasteiger partial charge >= 0.3 is 0 Å². The first-order valence-electron chi connectivity index (χ1n) is 4.84. The summed E-state index contributed by atoms with van der Waals surface area (Å²) in [5, 5.41) is 0. The molecule has 3 aromatic heterocycles. The van der Waals surface area contributed by atoms with Gasteiger partial charge in [0.15, 0.2) is 5.65 Å². The molecule has 6 nitrogen and oxygen atoms in total. The molecule has 3 N–H and O–H groups in total. The lowest BCUT2D eigenvalue weighted by Crippen LogP contribution is -2.00. The molecule has 0 aliphatic carbocycles. The first-order valence-corrected chi connectivity index (χ1v) is 4.84. The monoisotopic (exact) mass is 214 g/mol. The molecule has 0 amide bonds. The molecule has 0 bridgehead atoms. The first-order chi connectivity index (χ1) is 7.75. The van der Waals surface area contributed by atoms with E-state index < -0.39 is 0 Å². The highest BCUT2D eigenvalue weighted by Gasteiger charge is 2.12. The van der Waals surface area contributed by atoms with Crippen molar-refractivity contribution in [1.82, 2.24) is 24.5 Å². The van der Waals surface area contributed by atoms with Gasteiger partial charge in [-0.05, 0) is 12.1 Å². The minimum atomic E-state index is 0.243. The van der Waals surface area contributed by atoms with E-state index in [0.717, 1.165) is 16.9 Å². The topological polar surface area (TPSA) is 85.4 Å². The Hall–Kier alpha value is -2.37. The smallest absolute Gasteiger partial charge is 0.222 e. The highest BCUT2D eigenvalue weighted by molar-refractivity contribution is 5.86. The molecule has 0 fully saturated rings. The number of aromatic amines is 1. The SMILES string of the molecule is Cn1cccc1-c1nc(N)nc2[nH]cnc12. The molecule has 16 heavy (non-hydrogen) atoms. The number of aromatic nitrogens is 5. The average molecular weight is 214 g/mol. The lowest BCUT2D eigenvalue weighted by molar-refractivity contribution is 0.931. The first kappa shape index (κ1) is 8.90. The summed E-state index contributed by atoms with van der Waals surface area (Å²) in [6.07, 6.45) is 3.54. The van der Waals surface area contributed by atoms with Crippen molar-refractivity contribution in [2.75, 3.05) is 5.73 Å². The normalized spacial score (nSPS) is 11.1. The van der Waals surface area contributed by atoms with Crippen LogP contribution in [-0.2, 0) is 7.05 Å². The van der Waals surface area contributed by atoms with Crippen LogP contribution >= 0.6 is 0 Å². The lowest BCUT2D eigenvalue weighted by Gasteiger charge is -2.03. The van der Waals surface area contributed by atoms with Crippen LogP contribution in [0.2, 0.25) is 0 Å². The Bertz CT molecular complexity index is 650. The number of hydrogen-bond donors (Lipinski definition) is 2. The van der Waals surface area contributed by atoms with E-state index in [4.69, 9.17) is 5.73 Å². The van der Waals surface area contributed by atoms with Crippen molar-refractivity contribution in [3.05, 3.63) is 24.7 Å². The second-order valence-electron chi connectivity index (χ2n) is 3.53. The van der Waals surface area contributed by atoms with Crippen molar-refractivity contribution >= 4 is 17.1 Å². The van der Waals surface area contributed by atoms with Crippen LogP contribution < -0.4 is 5.73 Å². The van der Waals surface area contributed by atoms with Crippen molar-refractivity contribution in [3.8, 4) is 11.4 Å². The Morgan fingerprint density at radius 2 is 2.25 bits per heavy atom. The zero-order valence-electron chi connectivity index (χ0n) is 8.68. The van der Waals surface area contributed by atoms with E-state index in [1.165, 1.54) is 0 Å². The van der Waals surface area contributed by atoms with Gasteiger partial charge in [-0.3, -0.25) is 0 Å². The van der Waals surface area contributed by atoms with Gasteiger partial charge < -0.3 is 15.3 Å². The molecule has 3 aromatic rings. The van der Waals surface area contributed by atoms with Crippen molar-refractivity contribution in [3.63, 3.8) is 0 Å². The van der Waals surface area contributed by atoms with Gasteiger partial charge in [0.05, 0.1) is 12.0 Å². The van der Waals surface area contributed by atoms with Crippen molar-refractivity contribution < 1.29 is 0 Å². The molecule has 0 spiro atoms. The van der Waals surface area contributed by atoms with Crippen LogP contribution in [0, 0.1) is 0 Å². The van der Waals surface area contributed by atoms with Crippen LogP contribution in [0.15, 0.2) is 24.7 Å². The van der Waals surface area contributed by atoms with Crippen molar-refractivity contribution in [1.29, 1.82) is 0 Å². The van der Waals surface area contributed by atoms with Crippen LogP contribution in [0.3, 0.4) is 0 Å². The molecular formula is C10H10N6. The second kappa shape index (κ2) is 3.06. The fourth-order valence-electron chi connectivity index (χ4n) is 1.74. The third kappa shape index (κ3) is 1.16. The summed E-state index contributed by atoms with van der Waals surface area (Å²) in [5.41, 5.74) is 8.76. The van der Waals surface area contributed by atoms with Crippen molar-refractivity contribution in [2.24, 2.45) is 7.05 Å².